The van der Waals surface area contributed by atoms with E-state index < -0.39 is 17.8 Å². The van der Waals surface area contributed by atoms with Gasteiger partial charge in [-0.2, -0.15) is 0 Å². The van der Waals surface area contributed by atoms with E-state index in [1.54, 1.807) is 0 Å². The molecule has 0 heterocycles. The molecule has 0 aromatic heterocycles. The summed E-state index contributed by atoms with van der Waals surface area (Å²) in [7, 11) is 1.27. The number of ether oxygens (including phenoxy) is 1. The first-order chi connectivity index (χ1) is 8.38. The molecule has 100 valence electrons. The summed E-state index contributed by atoms with van der Waals surface area (Å²) in [5.41, 5.74) is 5.71. The summed E-state index contributed by atoms with van der Waals surface area (Å²) in [6.07, 6.45) is -0.157. The van der Waals surface area contributed by atoms with Crippen LogP contribution in [0.3, 0.4) is 0 Å². The lowest BCUT2D eigenvalue weighted by Crippen LogP contribution is -2.15. The summed E-state index contributed by atoms with van der Waals surface area (Å²) >= 11 is 2.95. The van der Waals surface area contributed by atoms with Crippen LogP contribution in [0.25, 0.3) is 0 Å². The summed E-state index contributed by atoms with van der Waals surface area (Å²) in [6, 6.07) is 0.279. The molecule has 4 N–H and O–H groups in total. The fraction of sp³-hybridized carbons (Fsp3) is 0.364. The predicted octanol–water partition coefficient (Wildman–Crippen LogP) is 2.17. The van der Waals surface area contributed by atoms with Crippen molar-refractivity contribution >= 4 is 21.9 Å². The molecule has 7 heteroatoms. The van der Waals surface area contributed by atoms with Crippen molar-refractivity contribution in [3.63, 3.8) is 0 Å². The number of aromatic hydroxyl groups is 1. The van der Waals surface area contributed by atoms with Gasteiger partial charge in [-0.25, -0.2) is 4.39 Å². The van der Waals surface area contributed by atoms with Gasteiger partial charge in [0.2, 0.25) is 0 Å². The van der Waals surface area contributed by atoms with E-state index in [0.717, 1.165) is 6.07 Å². The van der Waals surface area contributed by atoms with Crippen molar-refractivity contribution in [2.24, 2.45) is 5.73 Å². The molecule has 1 unspecified atom stereocenters. The molecule has 0 aliphatic heterocycles. The van der Waals surface area contributed by atoms with Crippen molar-refractivity contribution in [2.75, 3.05) is 7.11 Å². The lowest BCUT2D eigenvalue weighted by atomic mass is 10.0. The number of phenolic OH excluding ortho intramolecular Hbond substituents is 1. The Morgan fingerprint density at radius 3 is 2.78 bits per heavy atom. The van der Waals surface area contributed by atoms with Crippen molar-refractivity contribution in [1.82, 2.24) is 0 Å². The zero-order chi connectivity index (χ0) is 13.9. The Hall–Kier alpha value is -1.34. The predicted molar refractivity (Wildman–Crippen MR) is 66.1 cm³/mol. The third kappa shape index (κ3) is 3.11. The number of hydrogen-bond donors (Lipinski definition) is 3. The summed E-state index contributed by atoms with van der Waals surface area (Å²) in [4.78, 5) is 10.5. The highest BCUT2D eigenvalue weighted by atomic mass is 79.9. The number of aliphatic carboxylic acids is 1. The smallest absolute Gasteiger partial charge is 0.303 e. The molecular formula is C11H13BrFNO4. The van der Waals surface area contributed by atoms with E-state index in [4.69, 9.17) is 15.6 Å². The largest absolute Gasteiger partial charge is 0.504 e. The first-order valence-electron chi connectivity index (χ1n) is 5.10. The minimum absolute atomic E-state index is 0.0365. The molecule has 5 nitrogen and oxygen atoms in total. The third-order valence-electron chi connectivity index (χ3n) is 2.43. The fourth-order valence-electron chi connectivity index (χ4n) is 1.58. The molecule has 0 saturated heterocycles. The monoisotopic (exact) mass is 321 g/mol. The van der Waals surface area contributed by atoms with E-state index in [9.17, 15) is 14.3 Å². The van der Waals surface area contributed by atoms with Crippen LogP contribution >= 0.6 is 15.9 Å². The summed E-state index contributed by atoms with van der Waals surface area (Å²) < 4.78 is 18.9. The summed E-state index contributed by atoms with van der Waals surface area (Å²) in [6.45, 7) is 0. The normalized spacial score (nSPS) is 12.2. The maximum Gasteiger partial charge on any atom is 0.303 e. The Morgan fingerprint density at radius 1 is 1.67 bits per heavy atom. The molecule has 0 saturated carbocycles. The van der Waals surface area contributed by atoms with Gasteiger partial charge in [0, 0.05) is 18.5 Å². The van der Waals surface area contributed by atoms with Gasteiger partial charge in [0.05, 0.1) is 17.1 Å². The average Bonchev–Trinajstić information content (AvgIpc) is 2.30. The van der Waals surface area contributed by atoms with Crippen LogP contribution in [0.5, 0.6) is 11.5 Å². The van der Waals surface area contributed by atoms with Crippen LogP contribution in [-0.2, 0) is 4.79 Å². The van der Waals surface area contributed by atoms with E-state index >= 15 is 0 Å². The third-order valence-corrected chi connectivity index (χ3v) is 3.01. The van der Waals surface area contributed by atoms with E-state index in [-0.39, 0.29) is 34.4 Å². The molecule has 0 aliphatic carbocycles. The second-order valence-electron chi connectivity index (χ2n) is 3.68. The topological polar surface area (TPSA) is 92.8 Å². The van der Waals surface area contributed by atoms with Crippen molar-refractivity contribution in [1.29, 1.82) is 0 Å². The molecule has 1 aromatic rings. The molecule has 0 radical (unpaired) electrons. The standard InChI is InChI=1S/C11H13BrFNO4/c1-18-11-7(15)4-5(12)10(13)9(11)6(14)2-3-8(16)17/h4,6,15H,2-3,14H2,1H3,(H,16,17). The van der Waals surface area contributed by atoms with Crippen molar-refractivity contribution in [3.05, 3.63) is 21.9 Å². The second-order valence-corrected chi connectivity index (χ2v) is 4.53. The van der Waals surface area contributed by atoms with E-state index in [0.29, 0.717) is 0 Å². The molecule has 0 aliphatic rings. The number of phenols is 1. The highest BCUT2D eigenvalue weighted by Gasteiger charge is 2.23. The van der Waals surface area contributed by atoms with Gasteiger partial charge in [-0.1, -0.05) is 0 Å². The van der Waals surface area contributed by atoms with E-state index in [1.165, 1.54) is 7.11 Å². The Bertz CT molecular complexity index is 467. The number of methoxy groups -OCH3 is 1. The van der Waals surface area contributed by atoms with Crippen LogP contribution in [0.1, 0.15) is 24.4 Å². The minimum atomic E-state index is -1.02. The zero-order valence-corrected chi connectivity index (χ0v) is 11.2. The van der Waals surface area contributed by atoms with E-state index in [2.05, 4.69) is 15.9 Å². The van der Waals surface area contributed by atoms with Crippen LogP contribution in [0.15, 0.2) is 10.5 Å². The lowest BCUT2D eigenvalue weighted by molar-refractivity contribution is -0.137. The molecule has 1 rings (SSSR count). The SMILES string of the molecule is COc1c(O)cc(Br)c(F)c1C(N)CCC(=O)O. The fourth-order valence-corrected chi connectivity index (χ4v) is 2.01. The van der Waals surface area contributed by atoms with Gasteiger partial charge in [0.25, 0.3) is 0 Å². The van der Waals surface area contributed by atoms with Crippen LogP contribution in [-0.4, -0.2) is 23.3 Å². The van der Waals surface area contributed by atoms with Crippen LogP contribution < -0.4 is 10.5 Å². The van der Waals surface area contributed by atoms with Gasteiger partial charge in [0.1, 0.15) is 5.82 Å². The lowest BCUT2D eigenvalue weighted by Gasteiger charge is -2.17. The number of nitrogens with two attached hydrogens (primary N) is 1. The highest BCUT2D eigenvalue weighted by Crippen LogP contribution is 2.40. The molecule has 0 spiro atoms. The maximum absolute atomic E-state index is 13.9. The molecular weight excluding hydrogens is 309 g/mol. The summed E-state index contributed by atoms with van der Waals surface area (Å²) in [5.74, 6) is -2.02. The van der Waals surface area contributed by atoms with Crippen molar-refractivity contribution < 1.29 is 24.1 Å². The van der Waals surface area contributed by atoms with Crippen LogP contribution in [0.4, 0.5) is 4.39 Å². The number of halogens is 2. The van der Waals surface area contributed by atoms with Gasteiger partial charge in [-0.05, 0) is 22.4 Å². The quantitative estimate of drug-likeness (QED) is 0.772. The van der Waals surface area contributed by atoms with Crippen LogP contribution in [0, 0.1) is 5.82 Å². The van der Waals surface area contributed by atoms with Crippen molar-refractivity contribution in [2.45, 2.75) is 18.9 Å². The number of carboxylic acids is 1. The maximum atomic E-state index is 13.9. The highest BCUT2D eigenvalue weighted by molar-refractivity contribution is 9.10. The van der Waals surface area contributed by atoms with E-state index in [1.807, 2.05) is 0 Å². The minimum Gasteiger partial charge on any atom is -0.504 e. The average molecular weight is 322 g/mol. The molecule has 0 fully saturated rings. The zero-order valence-electron chi connectivity index (χ0n) is 9.61. The van der Waals surface area contributed by atoms with Gasteiger partial charge in [-0.15, -0.1) is 0 Å². The number of benzene rings is 1. The van der Waals surface area contributed by atoms with Gasteiger partial charge in [-0.3, -0.25) is 4.79 Å². The summed E-state index contributed by atoms with van der Waals surface area (Å²) in [5, 5.41) is 18.2. The Balaban J connectivity index is 3.16. The first kappa shape index (κ1) is 14.7. The number of hydrogen-bond acceptors (Lipinski definition) is 4. The molecule has 1 aromatic carbocycles. The molecule has 0 bridgehead atoms. The first-order valence-corrected chi connectivity index (χ1v) is 5.90. The molecule has 1 atom stereocenters. The van der Waals surface area contributed by atoms with Gasteiger partial charge >= 0.3 is 5.97 Å². The number of carboxylic acid groups (broad SMARTS) is 1. The van der Waals surface area contributed by atoms with Crippen LogP contribution in [0.2, 0.25) is 0 Å². The number of rotatable bonds is 5. The molecule has 18 heavy (non-hydrogen) atoms. The Labute approximate surface area is 111 Å². The van der Waals surface area contributed by atoms with Crippen molar-refractivity contribution in [3.8, 4) is 11.5 Å². The number of carbonyl (C=O) groups is 1. The molecule has 0 amide bonds. The van der Waals surface area contributed by atoms with Gasteiger partial charge < -0.3 is 20.7 Å². The van der Waals surface area contributed by atoms with Gasteiger partial charge in [0.15, 0.2) is 11.5 Å². The second kappa shape index (κ2) is 6.01. The Morgan fingerprint density at radius 2 is 2.28 bits per heavy atom. The Kier molecular flexibility index (Phi) is 4.92.